The van der Waals surface area contributed by atoms with Crippen molar-refractivity contribution in [3.63, 3.8) is 0 Å². The molecule has 0 saturated heterocycles. The Labute approximate surface area is 125 Å². The van der Waals surface area contributed by atoms with Gasteiger partial charge in [-0.3, -0.25) is 0 Å². The molecule has 0 fully saturated rings. The van der Waals surface area contributed by atoms with Crippen LogP contribution in [0.3, 0.4) is 0 Å². The van der Waals surface area contributed by atoms with Crippen molar-refractivity contribution in [3.8, 4) is 11.4 Å². The van der Waals surface area contributed by atoms with Crippen molar-refractivity contribution in [2.24, 2.45) is 0 Å². The average Bonchev–Trinajstić information content (AvgIpc) is 2.46. The van der Waals surface area contributed by atoms with Gasteiger partial charge in [0, 0.05) is 12.1 Å². The van der Waals surface area contributed by atoms with Crippen LogP contribution < -0.4 is 9.30 Å². The van der Waals surface area contributed by atoms with E-state index in [0.717, 1.165) is 11.1 Å². The fraction of sp³-hybridized carbons (Fsp3) is 0.0625. The van der Waals surface area contributed by atoms with Crippen LogP contribution in [0.5, 0.6) is 5.75 Å². The van der Waals surface area contributed by atoms with Crippen LogP contribution in [0.25, 0.3) is 16.5 Å². The normalized spacial score (nSPS) is 10.6. The Kier molecular flexibility index (Phi) is 3.38. The van der Waals surface area contributed by atoms with E-state index in [9.17, 15) is 0 Å². The second kappa shape index (κ2) is 5.17. The number of para-hydroxylation sites is 1. The lowest BCUT2D eigenvalue weighted by Crippen LogP contribution is -2.30. The molecule has 0 spiro atoms. The Hall–Kier alpha value is -1.62. The number of ether oxygens (including phenoxy) is 1. The second-order valence-corrected chi connectivity index (χ2v) is 5.43. The Morgan fingerprint density at radius 3 is 2.63 bits per heavy atom. The third-order valence-electron chi connectivity index (χ3n) is 3.13. The van der Waals surface area contributed by atoms with Crippen LogP contribution in [0.2, 0.25) is 0 Å². The molecular weight excluding hydrogens is 349 g/mol. The van der Waals surface area contributed by atoms with Gasteiger partial charge in [0.05, 0.1) is 16.1 Å². The van der Waals surface area contributed by atoms with Gasteiger partial charge in [0.2, 0.25) is 5.69 Å². The lowest BCUT2D eigenvalue weighted by atomic mass is 10.1. The van der Waals surface area contributed by atoms with E-state index in [1.165, 1.54) is 14.6 Å². The minimum atomic E-state index is 0.901. The van der Waals surface area contributed by atoms with Crippen LogP contribution in [0.1, 0.15) is 0 Å². The molecular formula is C16H13INO+. The monoisotopic (exact) mass is 362 g/mol. The van der Waals surface area contributed by atoms with Crippen molar-refractivity contribution in [3.05, 3.63) is 64.5 Å². The van der Waals surface area contributed by atoms with Gasteiger partial charge in [-0.1, -0.05) is 24.3 Å². The number of pyridine rings is 1. The zero-order valence-corrected chi connectivity index (χ0v) is 12.7. The lowest BCUT2D eigenvalue weighted by Gasteiger charge is -2.04. The summed E-state index contributed by atoms with van der Waals surface area (Å²) in [5.41, 5.74) is 1.18. The van der Waals surface area contributed by atoms with Gasteiger partial charge in [-0.2, -0.15) is 4.57 Å². The molecule has 0 radical (unpaired) electrons. The van der Waals surface area contributed by atoms with Gasteiger partial charge in [-0.15, -0.1) is 0 Å². The number of methoxy groups -OCH3 is 1. The van der Waals surface area contributed by atoms with Gasteiger partial charge in [-0.25, -0.2) is 0 Å². The Balaban J connectivity index is 2.24. The summed E-state index contributed by atoms with van der Waals surface area (Å²) < 4.78 is 8.79. The fourth-order valence-corrected chi connectivity index (χ4v) is 2.84. The number of hydrogen-bond donors (Lipinski definition) is 0. The molecule has 2 nitrogen and oxygen atoms in total. The lowest BCUT2D eigenvalue weighted by molar-refractivity contribution is -0.595. The van der Waals surface area contributed by atoms with Gasteiger partial charge < -0.3 is 4.74 Å². The van der Waals surface area contributed by atoms with Crippen LogP contribution in [-0.4, -0.2) is 7.11 Å². The van der Waals surface area contributed by atoms with Crippen LogP contribution >= 0.6 is 22.6 Å². The Morgan fingerprint density at radius 1 is 1.00 bits per heavy atom. The van der Waals surface area contributed by atoms with E-state index in [1.54, 1.807) is 7.11 Å². The molecule has 0 aliphatic carbocycles. The highest BCUT2D eigenvalue weighted by Crippen LogP contribution is 2.24. The van der Waals surface area contributed by atoms with Crippen molar-refractivity contribution in [2.75, 3.05) is 7.11 Å². The maximum absolute atomic E-state index is 5.43. The molecule has 94 valence electrons. The summed E-state index contributed by atoms with van der Waals surface area (Å²) in [5.74, 6) is 0.901. The maximum atomic E-state index is 5.43. The predicted molar refractivity (Wildman–Crippen MR) is 84.7 cm³/mol. The molecule has 3 heteroatoms. The highest BCUT2D eigenvalue weighted by molar-refractivity contribution is 14.1. The van der Waals surface area contributed by atoms with Crippen LogP contribution in [0.4, 0.5) is 0 Å². The third-order valence-corrected chi connectivity index (χ3v) is 4.05. The number of fused-ring (bicyclic) bond motifs is 1. The van der Waals surface area contributed by atoms with E-state index in [4.69, 9.17) is 4.74 Å². The molecule has 3 aromatic rings. The molecule has 0 aliphatic rings. The molecule has 2 aromatic carbocycles. The summed E-state index contributed by atoms with van der Waals surface area (Å²) in [5, 5.41) is 2.30. The molecule has 1 aromatic heterocycles. The van der Waals surface area contributed by atoms with Crippen LogP contribution in [0, 0.1) is 3.57 Å². The predicted octanol–water partition coefficient (Wildman–Crippen LogP) is 3.73. The first-order chi connectivity index (χ1) is 9.29. The first kappa shape index (κ1) is 12.4. The molecule has 0 saturated carbocycles. The summed E-state index contributed by atoms with van der Waals surface area (Å²) in [6.45, 7) is 0. The Bertz CT molecular complexity index is 740. The van der Waals surface area contributed by atoms with E-state index in [2.05, 4.69) is 69.9 Å². The Morgan fingerprint density at radius 2 is 1.84 bits per heavy atom. The van der Waals surface area contributed by atoms with Crippen molar-refractivity contribution in [1.82, 2.24) is 0 Å². The topological polar surface area (TPSA) is 13.1 Å². The standard InChI is InChI=1S/C16H13INO/c1-19-16-8-4-5-12-9-10-18(11-13(12)16)15-7-3-2-6-14(15)17/h2-11H,1H3/q+1. The van der Waals surface area contributed by atoms with Gasteiger partial charge in [0.1, 0.15) is 5.75 Å². The maximum Gasteiger partial charge on any atom is 0.224 e. The van der Waals surface area contributed by atoms with Gasteiger partial charge in [-0.05, 0) is 40.1 Å². The molecule has 0 amide bonds. The molecule has 0 bridgehead atoms. The van der Waals surface area contributed by atoms with Gasteiger partial charge >= 0.3 is 0 Å². The smallest absolute Gasteiger partial charge is 0.224 e. The van der Waals surface area contributed by atoms with Crippen molar-refractivity contribution in [1.29, 1.82) is 0 Å². The summed E-state index contributed by atoms with van der Waals surface area (Å²) in [7, 11) is 1.71. The molecule has 0 unspecified atom stereocenters. The summed E-state index contributed by atoms with van der Waals surface area (Å²) in [6.07, 6.45) is 4.20. The fourth-order valence-electron chi connectivity index (χ4n) is 2.18. The van der Waals surface area contributed by atoms with E-state index in [0.29, 0.717) is 0 Å². The van der Waals surface area contributed by atoms with Crippen LogP contribution in [-0.2, 0) is 0 Å². The average molecular weight is 362 g/mol. The zero-order chi connectivity index (χ0) is 13.2. The van der Waals surface area contributed by atoms with Gasteiger partial charge in [0.25, 0.3) is 0 Å². The largest absolute Gasteiger partial charge is 0.496 e. The number of nitrogens with zero attached hydrogens (tertiary/aromatic N) is 1. The highest BCUT2D eigenvalue weighted by atomic mass is 127. The van der Waals surface area contributed by atoms with E-state index in [1.807, 2.05) is 18.2 Å². The highest BCUT2D eigenvalue weighted by Gasteiger charge is 2.12. The summed E-state index contributed by atoms with van der Waals surface area (Å²) in [4.78, 5) is 0. The molecule has 0 aliphatic heterocycles. The van der Waals surface area contributed by atoms with Crippen LogP contribution in [0.15, 0.2) is 60.9 Å². The molecule has 0 N–H and O–H groups in total. The number of halogens is 1. The first-order valence-corrected chi connectivity index (χ1v) is 7.10. The first-order valence-electron chi connectivity index (χ1n) is 6.02. The van der Waals surface area contributed by atoms with Gasteiger partial charge in [0.15, 0.2) is 12.4 Å². The van der Waals surface area contributed by atoms with Crippen molar-refractivity contribution >= 4 is 33.4 Å². The number of rotatable bonds is 2. The molecule has 19 heavy (non-hydrogen) atoms. The molecule has 0 atom stereocenters. The quantitative estimate of drug-likeness (QED) is 0.500. The number of aromatic nitrogens is 1. The minimum absolute atomic E-state index is 0.901. The van der Waals surface area contributed by atoms with Crippen molar-refractivity contribution in [2.45, 2.75) is 0 Å². The SMILES string of the molecule is COc1cccc2cc[n+](-c3ccccc3I)cc12. The van der Waals surface area contributed by atoms with E-state index >= 15 is 0 Å². The third kappa shape index (κ3) is 2.30. The van der Waals surface area contributed by atoms with Crippen molar-refractivity contribution < 1.29 is 9.30 Å². The summed E-state index contributed by atoms with van der Waals surface area (Å²) >= 11 is 2.35. The van der Waals surface area contributed by atoms with E-state index in [-0.39, 0.29) is 0 Å². The second-order valence-electron chi connectivity index (χ2n) is 4.27. The molecule has 1 heterocycles. The number of benzene rings is 2. The van der Waals surface area contributed by atoms with E-state index < -0.39 is 0 Å². The molecule has 3 rings (SSSR count). The number of hydrogen-bond acceptors (Lipinski definition) is 1. The minimum Gasteiger partial charge on any atom is -0.496 e. The zero-order valence-electron chi connectivity index (χ0n) is 10.5. The summed E-state index contributed by atoms with van der Waals surface area (Å²) in [6, 6.07) is 16.5.